The highest BCUT2D eigenvalue weighted by atomic mass is 15.3. The van der Waals surface area contributed by atoms with Gasteiger partial charge in [0.1, 0.15) is 11.8 Å². The van der Waals surface area contributed by atoms with Crippen molar-refractivity contribution < 1.29 is 0 Å². The van der Waals surface area contributed by atoms with Crippen LogP contribution in [0.4, 0.5) is 11.6 Å². The average Bonchev–Trinajstić information content (AvgIpc) is 2.68. The van der Waals surface area contributed by atoms with Crippen LogP contribution in [0.5, 0.6) is 0 Å². The number of nitrogens with zero attached hydrogens (tertiary/aromatic N) is 5. The molecule has 0 saturated carbocycles. The summed E-state index contributed by atoms with van der Waals surface area (Å²) in [5, 5.41) is 16.3. The molecule has 2 aromatic heterocycles. The van der Waals surface area contributed by atoms with E-state index in [1.807, 2.05) is 33.2 Å². The van der Waals surface area contributed by atoms with Gasteiger partial charge in [0.2, 0.25) is 5.95 Å². The van der Waals surface area contributed by atoms with E-state index in [9.17, 15) is 0 Å². The van der Waals surface area contributed by atoms with E-state index in [0.717, 1.165) is 23.5 Å². The number of hydrogen-bond acceptors (Lipinski definition) is 5. The topological polar surface area (TPSA) is 79.4 Å². The summed E-state index contributed by atoms with van der Waals surface area (Å²) >= 11 is 0. The molecule has 6 nitrogen and oxygen atoms in total. The molecule has 0 aliphatic heterocycles. The summed E-state index contributed by atoms with van der Waals surface area (Å²) in [4.78, 5) is 8.36. The first-order chi connectivity index (χ1) is 8.62. The summed E-state index contributed by atoms with van der Waals surface area (Å²) in [7, 11) is 1.86. The van der Waals surface area contributed by atoms with Crippen molar-refractivity contribution in [2.24, 2.45) is 7.05 Å². The van der Waals surface area contributed by atoms with Crippen molar-refractivity contribution in [3.8, 4) is 6.07 Å². The summed E-state index contributed by atoms with van der Waals surface area (Å²) in [6.45, 7) is 3.86. The second kappa shape index (κ2) is 4.84. The fourth-order valence-corrected chi connectivity index (χ4v) is 1.70. The predicted octanol–water partition coefficient (Wildman–Crippen LogP) is 1.70. The van der Waals surface area contributed by atoms with Crippen LogP contribution in [0, 0.1) is 18.3 Å². The van der Waals surface area contributed by atoms with E-state index in [2.05, 4.69) is 20.4 Å². The highest BCUT2D eigenvalue weighted by Gasteiger charge is 2.08. The Morgan fingerprint density at radius 1 is 1.44 bits per heavy atom. The van der Waals surface area contributed by atoms with Crippen LogP contribution < -0.4 is 5.32 Å². The van der Waals surface area contributed by atoms with Crippen molar-refractivity contribution in [2.75, 3.05) is 5.32 Å². The van der Waals surface area contributed by atoms with Crippen LogP contribution in [0.25, 0.3) is 0 Å². The molecule has 0 atom stereocenters. The molecule has 92 valence electrons. The largest absolute Gasteiger partial charge is 0.321 e. The van der Waals surface area contributed by atoms with Gasteiger partial charge in [-0.1, -0.05) is 6.92 Å². The van der Waals surface area contributed by atoms with Gasteiger partial charge in [-0.25, -0.2) is 9.97 Å². The van der Waals surface area contributed by atoms with Crippen LogP contribution >= 0.6 is 0 Å². The highest BCUT2D eigenvalue weighted by Crippen LogP contribution is 2.18. The number of nitrogens with one attached hydrogen (secondary N) is 1. The van der Waals surface area contributed by atoms with Crippen LogP contribution in [0.1, 0.15) is 24.0 Å². The lowest BCUT2D eigenvalue weighted by atomic mass is 10.3. The first-order valence-corrected chi connectivity index (χ1v) is 5.67. The van der Waals surface area contributed by atoms with E-state index in [1.54, 1.807) is 10.7 Å². The Hall–Kier alpha value is -2.42. The standard InChI is InChI=1S/C12H14N6/c1-4-10-11(7-18(3)17-10)16-12-14-8(2)5-9(6-13)15-12/h5,7H,4H2,1-3H3,(H,14,15,16). The monoisotopic (exact) mass is 242 g/mol. The number of aryl methyl sites for hydroxylation is 3. The van der Waals surface area contributed by atoms with Crippen molar-refractivity contribution in [3.63, 3.8) is 0 Å². The lowest BCUT2D eigenvalue weighted by Gasteiger charge is -2.04. The second-order valence-corrected chi connectivity index (χ2v) is 3.97. The molecule has 0 aromatic carbocycles. The van der Waals surface area contributed by atoms with E-state index in [0.29, 0.717) is 11.6 Å². The summed E-state index contributed by atoms with van der Waals surface area (Å²) in [5.41, 5.74) is 2.92. The molecule has 0 unspecified atom stereocenters. The molecule has 0 fully saturated rings. The molecule has 2 aromatic rings. The SMILES string of the molecule is CCc1nn(C)cc1Nc1nc(C)cc(C#N)n1. The lowest BCUT2D eigenvalue weighted by Crippen LogP contribution is -2.01. The molecule has 2 rings (SSSR count). The van der Waals surface area contributed by atoms with Crippen molar-refractivity contribution in [1.82, 2.24) is 19.7 Å². The van der Waals surface area contributed by atoms with Crippen LogP contribution in [0.15, 0.2) is 12.3 Å². The van der Waals surface area contributed by atoms with Gasteiger partial charge < -0.3 is 5.32 Å². The zero-order valence-corrected chi connectivity index (χ0v) is 10.6. The molecule has 6 heteroatoms. The summed E-state index contributed by atoms with van der Waals surface area (Å²) in [5.74, 6) is 0.425. The Bertz CT molecular complexity index is 608. The molecule has 0 amide bonds. The molecular weight excluding hydrogens is 228 g/mol. The van der Waals surface area contributed by atoms with Crippen molar-refractivity contribution in [1.29, 1.82) is 5.26 Å². The van der Waals surface area contributed by atoms with E-state index < -0.39 is 0 Å². The molecule has 0 aliphatic carbocycles. The van der Waals surface area contributed by atoms with Crippen LogP contribution in [-0.2, 0) is 13.5 Å². The molecule has 2 heterocycles. The molecule has 18 heavy (non-hydrogen) atoms. The molecule has 0 bridgehead atoms. The third kappa shape index (κ3) is 2.46. The minimum Gasteiger partial charge on any atom is -0.321 e. The average molecular weight is 242 g/mol. The van der Waals surface area contributed by atoms with Gasteiger partial charge in [-0.3, -0.25) is 4.68 Å². The van der Waals surface area contributed by atoms with E-state index in [4.69, 9.17) is 5.26 Å². The minimum atomic E-state index is 0.354. The fourth-order valence-electron chi connectivity index (χ4n) is 1.70. The highest BCUT2D eigenvalue weighted by molar-refractivity contribution is 5.55. The third-order valence-electron chi connectivity index (χ3n) is 2.46. The Kier molecular flexibility index (Phi) is 3.24. The Labute approximate surface area is 105 Å². The first kappa shape index (κ1) is 12.0. The maximum atomic E-state index is 8.87. The van der Waals surface area contributed by atoms with Crippen molar-refractivity contribution in [3.05, 3.63) is 29.3 Å². The van der Waals surface area contributed by atoms with Crippen molar-refractivity contribution in [2.45, 2.75) is 20.3 Å². The van der Waals surface area contributed by atoms with Gasteiger partial charge in [0, 0.05) is 18.9 Å². The van der Waals surface area contributed by atoms with Gasteiger partial charge in [-0.15, -0.1) is 0 Å². The number of rotatable bonds is 3. The summed E-state index contributed by atoms with van der Waals surface area (Å²) in [6.07, 6.45) is 2.69. The van der Waals surface area contributed by atoms with Crippen molar-refractivity contribution >= 4 is 11.6 Å². The zero-order valence-electron chi connectivity index (χ0n) is 10.6. The zero-order chi connectivity index (χ0) is 13.1. The predicted molar refractivity (Wildman–Crippen MR) is 67.4 cm³/mol. The number of aromatic nitrogens is 4. The number of anilines is 2. The second-order valence-electron chi connectivity index (χ2n) is 3.97. The number of hydrogen-bond donors (Lipinski definition) is 1. The summed E-state index contributed by atoms with van der Waals surface area (Å²) in [6, 6.07) is 3.66. The maximum absolute atomic E-state index is 8.87. The van der Waals surface area contributed by atoms with Gasteiger partial charge in [-0.2, -0.15) is 10.4 Å². The molecule has 0 radical (unpaired) electrons. The van der Waals surface area contributed by atoms with Crippen LogP contribution in [0.2, 0.25) is 0 Å². The van der Waals surface area contributed by atoms with Gasteiger partial charge >= 0.3 is 0 Å². The normalized spacial score (nSPS) is 10.1. The third-order valence-corrected chi connectivity index (χ3v) is 2.46. The van der Waals surface area contributed by atoms with Crippen LogP contribution in [-0.4, -0.2) is 19.7 Å². The fraction of sp³-hybridized carbons (Fsp3) is 0.333. The van der Waals surface area contributed by atoms with E-state index in [1.165, 1.54) is 0 Å². The minimum absolute atomic E-state index is 0.354. The Balaban J connectivity index is 2.34. The van der Waals surface area contributed by atoms with E-state index in [-0.39, 0.29) is 0 Å². The van der Waals surface area contributed by atoms with Gasteiger partial charge in [0.15, 0.2) is 0 Å². The smallest absolute Gasteiger partial charge is 0.228 e. The van der Waals surface area contributed by atoms with Crippen LogP contribution in [0.3, 0.4) is 0 Å². The lowest BCUT2D eigenvalue weighted by molar-refractivity contribution is 0.746. The molecule has 0 saturated heterocycles. The van der Waals surface area contributed by atoms with E-state index >= 15 is 0 Å². The number of nitriles is 1. The Morgan fingerprint density at radius 2 is 2.22 bits per heavy atom. The Morgan fingerprint density at radius 3 is 2.89 bits per heavy atom. The van der Waals surface area contributed by atoms with Gasteiger partial charge in [0.25, 0.3) is 0 Å². The molecule has 0 aliphatic rings. The van der Waals surface area contributed by atoms with Gasteiger partial charge in [-0.05, 0) is 19.4 Å². The molecular formula is C12H14N6. The molecule has 1 N–H and O–H groups in total. The summed E-state index contributed by atoms with van der Waals surface area (Å²) < 4.78 is 1.74. The van der Waals surface area contributed by atoms with Gasteiger partial charge in [0.05, 0.1) is 11.4 Å². The first-order valence-electron chi connectivity index (χ1n) is 5.67. The maximum Gasteiger partial charge on any atom is 0.228 e. The quantitative estimate of drug-likeness (QED) is 0.886. The molecule has 0 spiro atoms.